The zero-order valence-corrected chi connectivity index (χ0v) is 16.5. The second kappa shape index (κ2) is 9.40. The average Bonchev–Trinajstić information content (AvgIpc) is 2.75. The summed E-state index contributed by atoms with van der Waals surface area (Å²) < 4.78 is 5.13. The molecule has 3 rings (SSSR count). The summed E-state index contributed by atoms with van der Waals surface area (Å²) in [5.41, 5.74) is 2.85. The zero-order valence-electron chi connectivity index (χ0n) is 16.5. The molecule has 28 heavy (non-hydrogen) atoms. The molecule has 1 aliphatic carbocycles. The van der Waals surface area contributed by atoms with Crippen LogP contribution < -0.4 is 15.4 Å². The summed E-state index contributed by atoms with van der Waals surface area (Å²) in [6, 6.07) is 15.3. The summed E-state index contributed by atoms with van der Waals surface area (Å²) in [7, 11) is 1.61. The highest BCUT2D eigenvalue weighted by molar-refractivity contribution is 5.94. The van der Waals surface area contributed by atoms with Gasteiger partial charge in [0.25, 0.3) is 0 Å². The first-order valence-electron chi connectivity index (χ1n) is 9.93. The van der Waals surface area contributed by atoms with Crippen molar-refractivity contribution in [2.45, 2.75) is 39.0 Å². The van der Waals surface area contributed by atoms with Gasteiger partial charge in [-0.2, -0.15) is 0 Å². The minimum absolute atomic E-state index is 0.0270. The Labute approximate surface area is 166 Å². The van der Waals surface area contributed by atoms with Crippen molar-refractivity contribution >= 4 is 23.2 Å². The monoisotopic (exact) mass is 380 g/mol. The molecule has 1 fully saturated rings. The number of aryl methyl sites for hydroxylation is 1. The summed E-state index contributed by atoms with van der Waals surface area (Å²) in [6.45, 7) is 2.11. The normalized spacial score (nSPS) is 18.9. The minimum Gasteiger partial charge on any atom is -0.497 e. The SMILES string of the molecule is CCc1ccc(NC(=O)C2CCC(C(=O)Nc3ccc(OC)cc3)CC2)cc1. The third-order valence-corrected chi connectivity index (χ3v) is 5.46. The molecule has 1 saturated carbocycles. The van der Waals surface area contributed by atoms with Gasteiger partial charge in [-0.1, -0.05) is 19.1 Å². The van der Waals surface area contributed by atoms with Gasteiger partial charge >= 0.3 is 0 Å². The third kappa shape index (κ3) is 5.12. The number of hydrogen-bond donors (Lipinski definition) is 2. The Morgan fingerprint density at radius 2 is 1.25 bits per heavy atom. The molecule has 2 aromatic rings. The smallest absolute Gasteiger partial charge is 0.227 e. The van der Waals surface area contributed by atoms with E-state index in [1.807, 2.05) is 48.5 Å². The molecule has 148 valence electrons. The molecule has 0 aromatic heterocycles. The van der Waals surface area contributed by atoms with Gasteiger partial charge in [-0.25, -0.2) is 0 Å². The number of ether oxygens (including phenoxy) is 1. The molecule has 2 amide bonds. The van der Waals surface area contributed by atoms with E-state index in [2.05, 4.69) is 17.6 Å². The lowest BCUT2D eigenvalue weighted by molar-refractivity contribution is -0.125. The molecule has 5 nitrogen and oxygen atoms in total. The van der Waals surface area contributed by atoms with Gasteiger partial charge in [0.05, 0.1) is 7.11 Å². The molecule has 0 bridgehead atoms. The van der Waals surface area contributed by atoms with Crippen LogP contribution >= 0.6 is 0 Å². The minimum atomic E-state index is -0.0463. The largest absolute Gasteiger partial charge is 0.497 e. The molecule has 0 radical (unpaired) electrons. The highest BCUT2D eigenvalue weighted by Crippen LogP contribution is 2.31. The molecule has 2 N–H and O–H groups in total. The number of amides is 2. The van der Waals surface area contributed by atoms with Gasteiger partial charge in [0.2, 0.25) is 11.8 Å². The first kappa shape index (κ1) is 19.9. The first-order valence-corrected chi connectivity index (χ1v) is 9.93. The molecule has 1 aliphatic rings. The second-order valence-electron chi connectivity index (χ2n) is 7.31. The summed E-state index contributed by atoms with van der Waals surface area (Å²) in [5, 5.41) is 5.97. The summed E-state index contributed by atoms with van der Waals surface area (Å²) in [4.78, 5) is 25.0. The van der Waals surface area contributed by atoms with Gasteiger partial charge in [-0.3, -0.25) is 9.59 Å². The maximum absolute atomic E-state index is 12.5. The lowest BCUT2D eigenvalue weighted by Crippen LogP contribution is -2.32. The van der Waals surface area contributed by atoms with E-state index < -0.39 is 0 Å². The highest BCUT2D eigenvalue weighted by atomic mass is 16.5. The molecule has 0 spiro atoms. The van der Waals surface area contributed by atoms with Crippen LogP contribution in [0.3, 0.4) is 0 Å². The fraction of sp³-hybridized carbons (Fsp3) is 0.391. The van der Waals surface area contributed by atoms with Crippen LogP contribution in [-0.4, -0.2) is 18.9 Å². The second-order valence-corrected chi connectivity index (χ2v) is 7.31. The van der Waals surface area contributed by atoms with E-state index in [0.717, 1.165) is 49.2 Å². The molecule has 2 aromatic carbocycles. The first-order chi connectivity index (χ1) is 13.6. The van der Waals surface area contributed by atoms with Crippen LogP contribution in [0.15, 0.2) is 48.5 Å². The van der Waals surface area contributed by atoms with Crippen molar-refractivity contribution < 1.29 is 14.3 Å². The fourth-order valence-corrected chi connectivity index (χ4v) is 3.60. The third-order valence-electron chi connectivity index (χ3n) is 5.46. The predicted octanol–water partition coefficient (Wildman–Crippen LogP) is 4.64. The van der Waals surface area contributed by atoms with Crippen LogP contribution in [0, 0.1) is 11.8 Å². The van der Waals surface area contributed by atoms with Gasteiger partial charge in [0, 0.05) is 23.2 Å². The topological polar surface area (TPSA) is 67.4 Å². The number of carbonyl (C=O) groups is 2. The van der Waals surface area contributed by atoms with Crippen molar-refractivity contribution in [1.29, 1.82) is 0 Å². The number of carbonyl (C=O) groups excluding carboxylic acids is 2. The Kier molecular flexibility index (Phi) is 6.69. The quantitative estimate of drug-likeness (QED) is 0.767. The van der Waals surface area contributed by atoms with E-state index in [0.29, 0.717) is 0 Å². The van der Waals surface area contributed by atoms with E-state index >= 15 is 0 Å². The van der Waals surface area contributed by atoms with Crippen molar-refractivity contribution in [3.63, 3.8) is 0 Å². The summed E-state index contributed by atoms with van der Waals surface area (Å²) in [6.07, 6.45) is 3.92. The standard InChI is InChI=1S/C23H28N2O3/c1-3-16-4-10-19(11-5-16)24-22(26)17-6-8-18(9-7-17)23(27)25-20-12-14-21(28-2)15-13-20/h4-5,10-15,17-18H,3,6-9H2,1-2H3,(H,24,26)(H,25,27). The van der Waals surface area contributed by atoms with Crippen LogP contribution in [0.4, 0.5) is 11.4 Å². The van der Waals surface area contributed by atoms with Crippen LogP contribution in [0.1, 0.15) is 38.2 Å². The van der Waals surface area contributed by atoms with E-state index in [1.54, 1.807) is 7.11 Å². The Balaban J connectivity index is 1.47. The van der Waals surface area contributed by atoms with Gasteiger partial charge in [-0.05, 0) is 74.1 Å². The van der Waals surface area contributed by atoms with Gasteiger partial charge in [-0.15, -0.1) is 0 Å². The van der Waals surface area contributed by atoms with Gasteiger partial charge in [0.1, 0.15) is 5.75 Å². The Morgan fingerprint density at radius 3 is 1.64 bits per heavy atom. The van der Waals surface area contributed by atoms with Gasteiger partial charge < -0.3 is 15.4 Å². The maximum atomic E-state index is 12.5. The Bertz CT molecular complexity index is 722. The molecule has 0 aliphatic heterocycles. The molecular weight excluding hydrogens is 352 g/mol. The van der Waals surface area contributed by atoms with Crippen LogP contribution in [0.5, 0.6) is 5.75 Å². The molecule has 0 heterocycles. The van der Waals surface area contributed by atoms with E-state index in [9.17, 15) is 9.59 Å². The van der Waals surface area contributed by atoms with Crippen molar-refractivity contribution in [2.75, 3.05) is 17.7 Å². The average molecular weight is 380 g/mol. The molecular formula is C23H28N2O3. The summed E-state index contributed by atoms with van der Waals surface area (Å²) >= 11 is 0. The van der Waals surface area contributed by atoms with Crippen molar-refractivity contribution in [3.05, 3.63) is 54.1 Å². The molecule has 0 saturated heterocycles. The molecule has 0 unspecified atom stereocenters. The number of rotatable bonds is 6. The predicted molar refractivity (Wildman–Crippen MR) is 112 cm³/mol. The van der Waals surface area contributed by atoms with E-state index in [1.165, 1.54) is 5.56 Å². The maximum Gasteiger partial charge on any atom is 0.227 e. The van der Waals surface area contributed by atoms with Crippen molar-refractivity contribution in [1.82, 2.24) is 0 Å². The summed E-state index contributed by atoms with van der Waals surface area (Å²) in [5.74, 6) is 0.761. The zero-order chi connectivity index (χ0) is 19.9. The van der Waals surface area contributed by atoms with Gasteiger partial charge in [0.15, 0.2) is 0 Å². The molecule has 5 heteroatoms. The number of benzene rings is 2. The van der Waals surface area contributed by atoms with Crippen LogP contribution in [0.25, 0.3) is 0 Å². The van der Waals surface area contributed by atoms with Crippen molar-refractivity contribution in [2.24, 2.45) is 11.8 Å². The lowest BCUT2D eigenvalue weighted by Gasteiger charge is -2.27. The number of anilines is 2. The molecule has 0 atom stereocenters. The number of methoxy groups -OCH3 is 1. The van der Waals surface area contributed by atoms with E-state index in [-0.39, 0.29) is 23.7 Å². The Hall–Kier alpha value is -2.82. The van der Waals surface area contributed by atoms with Crippen LogP contribution in [0.2, 0.25) is 0 Å². The van der Waals surface area contributed by atoms with Crippen molar-refractivity contribution in [3.8, 4) is 5.75 Å². The lowest BCUT2D eigenvalue weighted by atomic mass is 9.81. The fourth-order valence-electron chi connectivity index (χ4n) is 3.60. The Morgan fingerprint density at radius 1 is 0.821 bits per heavy atom. The van der Waals surface area contributed by atoms with E-state index in [4.69, 9.17) is 4.74 Å². The highest BCUT2D eigenvalue weighted by Gasteiger charge is 2.30. The number of nitrogens with one attached hydrogen (secondary N) is 2. The number of hydrogen-bond acceptors (Lipinski definition) is 3. The van der Waals surface area contributed by atoms with Crippen LogP contribution in [-0.2, 0) is 16.0 Å².